The molecule has 0 aliphatic carbocycles. The number of aromatic nitrogens is 1. The van der Waals surface area contributed by atoms with E-state index in [2.05, 4.69) is 46.6 Å². The van der Waals surface area contributed by atoms with Crippen LogP contribution in [0.3, 0.4) is 0 Å². The summed E-state index contributed by atoms with van der Waals surface area (Å²) in [6.45, 7) is 6.35. The van der Waals surface area contributed by atoms with Crippen LogP contribution < -0.4 is 15.4 Å². The van der Waals surface area contributed by atoms with Crippen LogP contribution in [0.15, 0.2) is 35.3 Å². The van der Waals surface area contributed by atoms with Gasteiger partial charge in [0.05, 0.1) is 25.9 Å². The number of guanidine groups is 1. The van der Waals surface area contributed by atoms with Gasteiger partial charge in [-0.25, -0.2) is 9.98 Å². The number of nitrogens with zero attached hydrogens (tertiary/aromatic N) is 2. The number of hydrogen-bond acceptors (Lipinski definition) is 4. The first kappa shape index (κ1) is 17.3. The van der Waals surface area contributed by atoms with Crippen LogP contribution in [-0.4, -0.2) is 24.6 Å². The molecule has 124 valence electrons. The minimum atomic E-state index is 0.511. The van der Waals surface area contributed by atoms with Gasteiger partial charge >= 0.3 is 0 Å². The maximum absolute atomic E-state index is 5.14. The van der Waals surface area contributed by atoms with Gasteiger partial charge in [0.1, 0.15) is 0 Å². The Balaban J connectivity index is 1.95. The average Bonchev–Trinajstić information content (AvgIpc) is 3.05. The normalized spacial score (nSPS) is 11.3. The van der Waals surface area contributed by atoms with E-state index in [-0.39, 0.29) is 0 Å². The summed E-state index contributed by atoms with van der Waals surface area (Å²) in [5, 5.41) is 6.62. The van der Waals surface area contributed by atoms with Crippen molar-refractivity contribution in [3.05, 3.63) is 45.8 Å². The molecule has 0 bridgehead atoms. The predicted octanol–water partition coefficient (Wildman–Crippen LogP) is 2.97. The van der Waals surface area contributed by atoms with Gasteiger partial charge in [-0.05, 0) is 31.5 Å². The van der Waals surface area contributed by atoms with Gasteiger partial charge in [-0.1, -0.05) is 13.0 Å². The summed E-state index contributed by atoms with van der Waals surface area (Å²) in [4.78, 5) is 11.7. The Hall–Kier alpha value is -2.08. The van der Waals surface area contributed by atoms with Crippen molar-refractivity contribution in [1.82, 2.24) is 15.6 Å². The number of nitrogens with one attached hydrogen (secondary N) is 2. The van der Waals surface area contributed by atoms with Crippen LogP contribution in [0.4, 0.5) is 0 Å². The molecule has 2 aromatic heterocycles. The van der Waals surface area contributed by atoms with E-state index < -0.39 is 0 Å². The highest BCUT2D eigenvalue weighted by Crippen LogP contribution is 2.16. The highest BCUT2D eigenvalue weighted by Gasteiger charge is 2.02. The Morgan fingerprint density at radius 3 is 2.70 bits per heavy atom. The van der Waals surface area contributed by atoms with E-state index in [0.717, 1.165) is 31.2 Å². The first-order valence-corrected chi connectivity index (χ1v) is 8.66. The third kappa shape index (κ3) is 5.56. The lowest BCUT2D eigenvalue weighted by molar-refractivity contribution is 0.396. The van der Waals surface area contributed by atoms with Gasteiger partial charge in [-0.15, -0.1) is 11.3 Å². The summed E-state index contributed by atoms with van der Waals surface area (Å²) in [6, 6.07) is 10.1. The molecule has 0 spiro atoms. The van der Waals surface area contributed by atoms with Crippen LogP contribution >= 0.6 is 11.3 Å². The first-order valence-electron chi connectivity index (χ1n) is 7.84. The minimum absolute atomic E-state index is 0.511. The van der Waals surface area contributed by atoms with Gasteiger partial charge in [0, 0.05) is 22.4 Å². The number of aryl methyl sites for hydroxylation is 1. The number of aliphatic imine (C=N–C) groups is 1. The van der Waals surface area contributed by atoms with Crippen molar-refractivity contribution in [1.29, 1.82) is 0 Å². The maximum atomic E-state index is 5.14. The molecule has 5 nitrogen and oxygen atoms in total. The molecule has 6 heteroatoms. The molecular weight excluding hydrogens is 308 g/mol. The van der Waals surface area contributed by atoms with Gasteiger partial charge in [-0.2, -0.15) is 0 Å². The highest BCUT2D eigenvalue weighted by molar-refractivity contribution is 7.11. The second-order valence-electron chi connectivity index (χ2n) is 4.94. The first-order chi connectivity index (χ1) is 11.2. The molecule has 0 fully saturated rings. The van der Waals surface area contributed by atoms with Crippen molar-refractivity contribution in [3.8, 4) is 5.88 Å². The van der Waals surface area contributed by atoms with E-state index in [0.29, 0.717) is 12.4 Å². The average molecular weight is 332 g/mol. The molecule has 2 aromatic rings. The molecule has 0 aliphatic heterocycles. The van der Waals surface area contributed by atoms with E-state index in [4.69, 9.17) is 4.74 Å². The molecule has 0 saturated heterocycles. The number of pyridine rings is 1. The zero-order chi connectivity index (χ0) is 16.5. The minimum Gasteiger partial charge on any atom is -0.481 e. The molecular formula is C17H24N4OS. The maximum Gasteiger partial charge on any atom is 0.213 e. The molecule has 0 amide bonds. The van der Waals surface area contributed by atoms with Crippen LogP contribution in [0, 0.1) is 0 Å². The Morgan fingerprint density at radius 2 is 2.00 bits per heavy atom. The second kappa shape index (κ2) is 9.15. The molecule has 0 atom stereocenters. The van der Waals surface area contributed by atoms with Crippen molar-refractivity contribution in [2.24, 2.45) is 4.99 Å². The number of ether oxygens (including phenoxy) is 1. The van der Waals surface area contributed by atoms with Crippen molar-refractivity contribution in [2.75, 3.05) is 13.7 Å². The third-order valence-corrected chi connectivity index (χ3v) is 4.46. The molecule has 0 saturated carbocycles. The van der Waals surface area contributed by atoms with Gasteiger partial charge in [-0.3, -0.25) is 0 Å². The lowest BCUT2D eigenvalue weighted by Gasteiger charge is -2.10. The monoisotopic (exact) mass is 332 g/mol. The fourth-order valence-electron chi connectivity index (χ4n) is 2.04. The van der Waals surface area contributed by atoms with Crippen molar-refractivity contribution >= 4 is 17.3 Å². The molecule has 2 N–H and O–H groups in total. The van der Waals surface area contributed by atoms with E-state index in [9.17, 15) is 0 Å². The molecule has 0 unspecified atom stereocenters. The largest absolute Gasteiger partial charge is 0.481 e. The third-order valence-electron chi connectivity index (χ3n) is 3.23. The second-order valence-corrected chi connectivity index (χ2v) is 6.19. The van der Waals surface area contributed by atoms with Crippen LogP contribution in [0.1, 0.15) is 29.3 Å². The Bertz CT molecular complexity index is 639. The Labute approximate surface area is 141 Å². The SMILES string of the molecule is CCNC(=NCc1cccc(OC)n1)NCc1ccc(CC)s1. The van der Waals surface area contributed by atoms with Crippen LogP contribution in [-0.2, 0) is 19.5 Å². The van der Waals surface area contributed by atoms with E-state index >= 15 is 0 Å². The smallest absolute Gasteiger partial charge is 0.213 e. The lowest BCUT2D eigenvalue weighted by atomic mass is 10.3. The standard InChI is InChI=1S/C17H24N4OS/c1-4-14-9-10-15(23-14)12-20-17(18-5-2)19-11-13-7-6-8-16(21-13)22-3/h6-10H,4-5,11-12H2,1-3H3,(H2,18,19,20). The molecule has 0 aliphatic rings. The topological polar surface area (TPSA) is 58.5 Å². The van der Waals surface area contributed by atoms with E-state index in [1.807, 2.05) is 29.5 Å². The van der Waals surface area contributed by atoms with Crippen LogP contribution in [0.2, 0.25) is 0 Å². The summed E-state index contributed by atoms with van der Waals surface area (Å²) >= 11 is 1.84. The van der Waals surface area contributed by atoms with Crippen molar-refractivity contribution in [3.63, 3.8) is 0 Å². The number of rotatable bonds is 7. The lowest BCUT2D eigenvalue weighted by Crippen LogP contribution is -2.36. The summed E-state index contributed by atoms with van der Waals surface area (Å²) in [5.41, 5.74) is 0.881. The zero-order valence-corrected chi connectivity index (χ0v) is 14.7. The van der Waals surface area contributed by atoms with Crippen molar-refractivity contribution < 1.29 is 4.74 Å². The fourth-order valence-corrected chi connectivity index (χ4v) is 2.94. The predicted molar refractivity (Wildman–Crippen MR) is 96.1 cm³/mol. The Kier molecular flexibility index (Phi) is 6.87. The number of thiophene rings is 1. The Morgan fingerprint density at radius 1 is 1.17 bits per heavy atom. The quantitative estimate of drug-likeness (QED) is 0.604. The van der Waals surface area contributed by atoms with E-state index in [1.54, 1.807) is 7.11 Å². The summed E-state index contributed by atoms with van der Waals surface area (Å²) in [7, 11) is 1.62. The summed E-state index contributed by atoms with van der Waals surface area (Å²) in [6.07, 6.45) is 1.08. The highest BCUT2D eigenvalue weighted by atomic mass is 32.1. The van der Waals surface area contributed by atoms with Gasteiger partial charge in [0.15, 0.2) is 5.96 Å². The molecule has 0 radical (unpaired) electrons. The summed E-state index contributed by atoms with van der Waals surface area (Å²) in [5.74, 6) is 1.41. The fraction of sp³-hybridized carbons (Fsp3) is 0.412. The van der Waals surface area contributed by atoms with Crippen molar-refractivity contribution in [2.45, 2.75) is 33.4 Å². The van der Waals surface area contributed by atoms with Gasteiger partial charge in [0.2, 0.25) is 5.88 Å². The molecule has 0 aromatic carbocycles. The zero-order valence-electron chi connectivity index (χ0n) is 13.9. The molecule has 2 rings (SSSR count). The van der Waals surface area contributed by atoms with E-state index in [1.165, 1.54) is 9.75 Å². The van der Waals surface area contributed by atoms with Crippen LogP contribution in [0.25, 0.3) is 0 Å². The van der Waals surface area contributed by atoms with Gasteiger partial charge in [0.25, 0.3) is 0 Å². The van der Waals surface area contributed by atoms with Crippen LogP contribution in [0.5, 0.6) is 5.88 Å². The number of methoxy groups -OCH3 is 1. The summed E-state index contributed by atoms with van der Waals surface area (Å²) < 4.78 is 5.14. The molecule has 23 heavy (non-hydrogen) atoms. The molecule has 2 heterocycles. The number of hydrogen-bond donors (Lipinski definition) is 2. The van der Waals surface area contributed by atoms with Gasteiger partial charge < -0.3 is 15.4 Å².